The van der Waals surface area contributed by atoms with Crippen molar-refractivity contribution in [3.63, 3.8) is 0 Å². The van der Waals surface area contributed by atoms with Crippen LogP contribution in [0.4, 0.5) is 0 Å². The summed E-state index contributed by atoms with van der Waals surface area (Å²) in [6, 6.07) is 10.1. The number of ether oxygens (including phenoxy) is 1. The molecule has 1 aromatic carbocycles. The lowest BCUT2D eigenvalue weighted by atomic mass is 9.92. The molecule has 25 heavy (non-hydrogen) atoms. The van der Waals surface area contributed by atoms with Crippen molar-refractivity contribution in [3.8, 4) is 0 Å². The zero-order valence-corrected chi connectivity index (χ0v) is 14.7. The van der Waals surface area contributed by atoms with Gasteiger partial charge in [0.25, 0.3) is 5.91 Å². The highest BCUT2D eigenvalue weighted by Gasteiger charge is 2.30. The zero-order valence-electron chi connectivity index (χ0n) is 14.7. The molecule has 1 aliphatic heterocycles. The molecule has 1 atom stereocenters. The number of carbonyl (C=O) groups is 1. The summed E-state index contributed by atoms with van der Waals surface area (Å²) in [5.41, 5.74) is 0.679. The predicted octanol–water partition coefficient (Wildman–Crippen LogP) is 1.49. The Morgan fingerprint density at radius 3 is 2.76 bits per heavy atom. The Labute approximate surface area is 147 Å². The van der Waals surface area contributed by atoms with Crippen molar-refractivity contribution in [2.75, 3.05) is 26.8 Å². The van der Waals surface area contributed by atoms with E-state index in [9.17, 15) is 4.79 Å². The van der Waals surface area contributed by atoms with E-state index >= 15 is 0 Å². The Hall–Kier alpha value is -2.25. The number of nitrogens with zero attached hydrogens (tertiary/aromatic N) is 3. The molecule has 1 fully saturated rings. The van der Waals surface area contributed by atoms with Crippen LogP contribution in [-0.2, 0) is 10.3 Å². The number of rotatable bonds is 6. The molecule has 1 unspecified atom stereocenters. The third-order valence-corrected chi connectivity index (χ3v) is 4.66. The molecule has 7 heteroatoms. The summed E-state index contributed by atoms with van der Waals surface area (Å²) in [6.45, 7) is 4.24. The normalized spacial score (nSPS) is 17.8. The molecule has 0 radical (unpaired) electrons. The van der Waals surface area contributed by atoms with Crippen LogP contribution < -0.4 is 10.6 Å². The third kappa shape index (κ3) is 4.05. The van der Waals surface area contributed by atoms with E-state index in [0.717, 1.165) is 31.5 Å². The van der Waals surface area contributed by atoms with E-state index in [0.29, 0.717) is 18.3 Å². The molecule has 134 valence electrons. The van der Waals surface area contributed by atoms with Crippen molar-refractivity contribution in [1.82, 2.24) is 25.6 Å². The van der Waals surface area contributed by atoms with Crippen molar-refractivity contribution in [2.24, 2.45) is 0 Å². The van der Waals surface area contributed by atoms with Crippen LogP contribution in [0, 0.1) is 0 Å². The quantitative estimate of drug-likeness (QED) is 0.831. The number of benzene rings is 1. The van der Waals surface area contributed by atoms with Crippen molar-refractivity contribution in [3.05, 3.63) is 47.8 Å². The second-order valence-corrected chi connectivity index (χ2v) is 6.65. The average molecular weight is 343 g/mol. The van der Waals surface area contributed by atoms with Gasteiger partial charge >= 0.3 is 0 Å². The minimum atomic E-state index is -0.633. The lowest BCUT2D eigenvalue weighted by molar-refractivity contribution is 0.0781. The van der Waals surface area contributed by atoms with Crippen molar-refractivity contribution < 1.29 is 9.53 Å². The summed E-state index contributed by atoms with van der Waals surface area (Å²) in [4.78, 5) is 12.7. The fourth-order valence-electron chi connectivity index (χ4n) is 3.23. The molecular weight excluding hydrogens is 318 g/mol. The molecule has 2 aromatic rings. The van der Waals surface area contributed by atoms with E-state index in [1.165, 1.54) is 0 Å². The Balaban J connectivity index is 1.74. The maximum Gasteiger partial charge on any atom is 0.274 e. The molecule has 1 amide bonds. The Kier molecular flexibility index (Phi) is 5.45. The highest BCUT2D eigenvalue weighted by atomic mass is 16.5. The molecule has 3 rings (SSSR count). The van der Waals surface area contributed by atoms with Crippen LogP contribution in [0.25, 0.3) is 0 Å². The highest BCUT2D eigenvalue weighted by molar-refractivity contribution is 5.92. The largest absolute Gasteiger partial charge is 0.382 e. The van der Waals surface area contributed by atoms with Gasteiger partial charge in [-0.2, -0.15) is 0 Å². The lowest BCUT2D eigenvalue weighted by Crippen LogP contribution is -2.47. The van der Waals surface area contributed by atoms with Gasteiger partial charge in [0.2, 0.25) is 0 Å². The van der Waals surface area contributed by atoms with E-state index in [-0.39, 0.29) is 5.91 Å². The number of hydrogen-bond donors (Lipinski definition) is 2. The monoisotopic (exact) mass is 343 g/mol. The minimum Gasteiger partial charge on any atom is -0.382 e. The van der Waals surface area contributed by atoms with Gasteiger partial charge in [0.05, 0.1) is 24.4 Å². The van der Waals surface area contributed by atoms with Crippen molar-refractivity contribution in [2.45, 2.75) is 31.3 Å². The number of nitrogens with one attached hydrogen (secondary N) is 2. The molecule has 2 heterocycles. The van der Waals surface area contributed by atoms with E-state index in [2.05, 4.69) is 20.9 Å². The smallest absolute Gasteiger partial charge is 0.274 e. The van der Waals surface area contributed by atoms with Gasteiger partial charge in [-0.05, 0) is 38.4 Å². The van der Waals surface area contributed by atoms with Crippen LogP contribution in [0.1, 0.15) is 41.9 Å². The number of piperidine rings is 1. The van der Waals surface area contributed by atoms with Crippen LogP contribution in [0.5, 0.6) is 0 Å². The molecule has 0 bridgehead atoms. The van der Waals surface area contributed by atoms with Gasteiger partial charge in [-0.3, -0.25) is 4.79 Å². The zero-order chi connectivity index (χ0) is 17.7. The maximum atomic E-state index is 12.7. The molecule has 1 aromatic heterocycles. The first kappa shape index (κ1) is 17.6. The first-order valence-corrected chi connectivity index (χ1v) is 8.62. The maximum absolute atomic E-state index is 12.7. The molecule has 0 aliphatic carbocycles. The summed E-state index contributed by atoms with van der Waals surface area (Å²) in [5.74, 6) is -0.247. The second-order valence-electron chi connectivity index (χ2n) is 6.65. The van der Waals surface area contributed by atoms with Gasteiger partial charge in [-0.1, -0.05) is 35.5 Å². The summed E-state index contributed by atoms with van der Waals surface area (Å²) >= 11 is 0. The average Bonchev–Trinajstić information content (AvgIpc) is 3.14. The standard InChI is InChI=1S/C18H25N5O2/c1-18(13-25-2,14-6-4-3-5-7-14)20-17(24)16-12-23(22-21-16)15-8-10-19-11-9-15/h3-7,12,15,19H,8-11,13H2,1-2H3,(H,20,24). The summed E-state index contributed by atoms with van der Waals surface area (Å²) in [5, 5.41) is 14.6. The van der Waals surface area contributed by atoms with E-state index in [1.54, 1.807) is 13.3 Å². The fraction of sp³-hybridized carbons (Fsp3) is 0.500. The van der Waals surface area contributed by atoms with E-state index in [4.69, 9.17) is 4.74 Å². The molecule has 0 spiro atoms. The number of amides is 1. The minimum absolute atomic E-state index is 0.247. The first-order chi connectivity index (χ1) is 12.1. The first-order valence-electron chi connectivity index (χ1n) is 8.62. The molecule has 7 nitrogen and oxygen atoms in total. The summed E-state index contributed by atoms with van der Waals surface area (Å²) in [6.07, 6.45) is 3.73. The number of aromatic nitrogens is 3. The van der Waals surface area contributed by atoms with Crippen LogP contribution >= 0.6 is 0 Å². The molecule has 1 aliphatic rings. The van der Waals surface area contributed by atoms with Crippen LogP contribution in [0.2, 0.25) is 0 Å². The van der Waals surface area contributed by atoms with E-state index < -0.39 is 5.54 Å². The molecular formula is C18H25N5O2. The van der Waals surface area contributed by atoms with Gasteiger partial charge in [-0.15, -0.1) is 5.10 Å². The van der Waals surface area contributed by atoms with Crippen molar-refractivity contribution in [1.29, 1.82) is 0 Å². The second kappa shape index (κ2) is 7.76. The number of methoxy groups -OCH3 is 1. The summed E-state index contributed by atoms with van der Waals surface area (Å²) < 4.78 is 7.15. The SMILES string of the molecule is COCC(C)(NC(=O)c1cn(C2CCNCC2)nn1)c1ccccc1. The molecule has 1 saturated heterocycles. The lowest BCUT2D eigenvalue weighted by Gasteiger charge is -2.30. The van der Waals surface area contributed by atoms with Crippen LogP contribution in [0.3, 0.4) is 0 Å². The van der Waals surface area contributed by atoms with Gasteiger partial charge < -0.3 is 15.4 Å². The molecule has 0 saturated carbocycles. The topological polar surface area (TPSA) is 81.1 Å². The highest BCUT2D eigenvalue weighted by Crippen LogP contribution is 2.22. The van der Waals surface area contributed by atoms with Gasteiger partial charge in [0.1, 0.15) is 0 Å². The van der Waals surface area contributed by atoms with Gasteiger partial charge in [0, 0.05) is 7.11 Å². The third-order valence-electron chi connectivity index (χ3n) is 4.66. The van der Waals surface area contributed by atoms with Crippen LogP contribution in [-0.4, -0.2) is 47.7 Å². The van der Waals surface area contributed by atoms with Gasteiger partial charge in [0.15, 0.2) is 5.69 Å². The van der Waals surface area contributed by atoms with E-state index in [1.807, 2.05) is 41.9 Å². The Bertz CT molecular complexity index is 697. The van der Waals surface area contributed by atoms with Gasteiger partial charge in [-0.25, -0.2) is 4.68 Å². The fourth-order valence-corrected chi connectivity index (χ4v) is 3.23. The Morgan fingerprint density at radius 1 is 1.36 bits per heavy atom. The summed E-state index contributed by atoms with van der Waals surface area (Å²) in [7, 11) is 1.63. The number of carbonyl (C=O) groups excluding carboxylic acids is 1. The van der Waals surface area contributed by atoms with Crippen LogP contribution in [0.15, 0.2) is 36.5 Å². The Morgan fingerprint density at radius 2 is 2.08 bits per heavy atom. The molecule has 2 N–H and O–H groups in total. The van der Waals surface area contributed by atoms with Crippen molar-refractivity contribution >= 4 is 5.91 Å². The number of hydrogen-bond acceptors (Lipinski definition) is 5. The predicted molar refractivity (Wildman–Crippen MR) is 94.3 cm³/mol.